The smallest absolute Gasteiger partial charge is 0.407 e. The number of nitrogens with one attached hydrogen (secondary N) is 1. The van der Waals surface area contributed by atoms with Gasteiger partial charge in [0.05, 0.1) is 0 Å². The lowest BCUT2D eigenvalue weighted by atomic mass is 9.87. The van der Waals surface area contributed by atoms with Crippen LogP contribution in [0, 0.1) is 0 Å². The lowest BCUT2D eigenvalue weighted by molar-refractivity contribution is -0.132. The first kappa shape index (κ1) is 21.9. The topological polar surface area (TPSA) is 58.6 Å². The summed E-state index contributed by atoms with van der Waals surface area (Å²) in [6.45, 7) is 3.72. The standard InChI is InChI=1S/C25H32N2O3/c1-2-22(21-13-7-4-8-14-21)23-15-10-18-27(23)24(28)16-9-17-26-25(29)30-19-20-11-5-3-6-12-20/h3-8,11-14,22-23H,2,9-10,15-19H2,1H3,(H,26,29)/t22-,23-/m0/s1. The van der Waals surface area contributed by atoms with Gasteiger partial charge < -0.3 is 15.0 Å². The van der Waals surface area contributed by atoms with E-state index in [2.05, 4.69) is 41.4 Å². The van der Waals surface area contributed by atoms with Crippen molar-refractivity contribution in [3.05, 3.63) is 71.8 Å². The van der Waals surface area contributed by atoms with Crippen molar-refractivity contribution in [1.82, 2.24) is 10.2 Å². The van der Waals surface area contributed by atoms with E-state index < -0.39 is 6.09 Å². The zero-order chi connectivity index (χ0) is 21.2. The van der Waals surface area contributed by atoms with E-state index in [1.54, 1.807) is 0 Å². The van der Waals surface area contributed by atoms with E-state index in [0.29, 0.717) is 25.3 Å². The van der Waals surface area contributed by atoms with Crippen molar-refractivity contribution >= 4 is 12.0 Å². The van der Waals surface area contributed by atoms with Gasteiger partial charge >= 0.3 is 6.09 Å². The normalized spacial score (nSPS) is 16.8. The second kappa shape index (κ2) is 11.4. The number of amides is 2. The van der Waals surface area contributed by atoms with Crippen LogP contribution in [0.2, 0.25) is 0 Å². The largest absolute Gasteiger partial charge is 0.445 e. The molecule has 0 aromatic heterocycles. The first-order valence-corrected chi connectivity index (χ1v) is 11.0. The predicted octanol–water partition coefficient (Wildman–Crippen LogP) is 4.88. The highest BCUT2D eigenvalue weighted by Crippen LogP contribution is 2.33. The summed E-state index contributed by atoms with van der Waals surface area (Å²) in [4.78, 5) is 26.7. The fourth-order valence-corrected chi connectivity index (χ4v) is 4.30. The summed E-state index contributed by atoms with van der Waals surface area (Å²) >= 11 is 0. The third-order valence-corrected chi connectivity index (χ3v) is 5.80. The summed E-state index contributed by atoms with van der Waals surface area (Å²) in [7, 11) is 0. The highest BCUT2D eigenvalue weighted by molar-refractivity contribution is 5.77. The fraction of sp³-hybridized carbons (Fsp3) is 0.440. The monoisotopic (exact) mass is 408 g/mol. The van der Waals surface area contributed by atoms with Crippen molar-refractivity contribution < 1.29 is 14.3 Å². The lowest BCUT2D eigenvalue weighted by Gasteiger charge is -2.32. The molecule has 1 heterocycles. The molecular weight excluding hydrogens is 376 g/mol. The van der Waals surface area contributed by atoms with Gasteiger partial charge in [0.25, 0.3) is 0 Å². The first-order valence-electron chi connectivity index (χ1n) is 11.0. The quantitative estimate of drug-likeness (QED) is 0.602. The molecule has 0 bridgehead atoms. The molecule has 30 heavy (non-hydrogen) atoms. The van der Waals surface area contributed by atoms with Crippen LogP contribution >= 0.6 is 0 Å². The number of likely N-dealkylation sites (tertiary alicyclic amines) is 1. The van der Waals surface area contributed by atoms with E-state index in [0.717, 1.165) is 31.4 Å². The van der Waals surface area contributed by atoms with Crippen LogP contribution in [0.5, 0.6) is 0 Å². The summed E-state index contributed by atoms with van der Waals surface area (Å²) in [5, 5.41) is 2.74. The molecule has 0 radical (unpaired) electrons. The van der Waals surface area contributed by atoms with E-state index in [9.17, 15) is 9.59 Å². The maximum Gasteiger partial charge on any atom is 0.407 e. The molecule has 5 nitrogen and oxygen atoms in total. The van der Waals surface area contributed by atoms with Crippen LogP contribution in [-0.4, -0.2) is 36.0 Å². The Labute approximate surface area is 179 Å². The van der Waals surface area contributed by atoms with E-state index in [1.807, 2.05) is 36.4 Å². The van der Waals surface area contributed by atoms with Gasteiger partial charge in [-0.15, -0.1) is 0 Å². The molecule has 1 aliphatic rings. The van der Waals surface area contributed by atoms with Gasteiger partial charge in [0.1, 0.15) is 6.61 Å². The van der Waals surface area contributed by atoms with Gasteiger partial charge in [-0.3, -0.25) is 4.79 Å². The van der Waals surface area contributed by atoms with Crippen molar-refractivity contribution in [1.29, 1.82) is 0 Å². The number of carbonyl (C=O) groups is 2. The average molecular weight is 409 g/mol. The summed E-state index contributed by atoms with van der Waals surface area (Å²) in [6.07, 6.45) is 3.76. The Morgan fingerprint density at radius 1 is 1.10 bits per heavy atom. The molecule has 0 spiro atoms. The van der Waals surface area contributed by atoms with Crippen molar-refractivity contribution in [2.45, 2.75) is 57.6 Å². The van der Waals surface area contributed by atoms with E-state index in [4.69, 9.17) is 4.74 Å². The molecule has 2 aromatic carbocycles. The molecule has 0 unspecified atom stereocenters. The molecule has 1 aliphatic heterocycles. The first-order chi connectivity index (χ1) is 14.7. The number of benzene rings is 2. The number of nitrogens with zero attached hydrogens (tertiary/aromatic N) is 1. The Bertz CT molecular complexity index is 795. The second-order valence-corrected chi connectivity index (χ2v) is 7.81. The molecule has 5 heteroatoms. The molecule has 1 fully saturated rings. The van der Waals surface area contributed by atoms with Crippen LogP contribution in [0.3, 0.4) is 0 Å². The molecule has 2 atom stereocenters. The van der Waals surface area contributed by atoms with Crippen LogP contribution in [0.1, 0.15) is 56.1 Å². The summed E-state index contributed by atoms with van der Waals surface area (Å²) < 4.78 is 5.20. The van der Waals surface area contributed by atoms with Crippen molar-refractivity contribution in [2.75, 3.05) is 13.1 Å². The minimum Gasteiger partial charge on any atom is -0.445 e. The van der Waals surface area contributed by atoms with E-state index >= 15 is 0 Å². The van der Waals surface area contributed by atoms with E-state index in [-0.39, 0.29) is 18.6 Å². The van der Waals surface area contributed by atoms with Crippen molar-refractivity contribution in [2.24, 2.45) is 0 Å². The molecule has 3 rings (SSSR count). The maximum absolute atomic E-state index is 12.8. The van der Waals surface area contributed by atoms with Crippen molar-refractivity contribution in [3.63, 3.8) is 0 Å². The molecule has 0 aliphatic carbocycles. The Balaban J connectivity index is 1.41. The van der Waals surface area contributed by atoms with Gasteiger partial charge in [0, 0.05) is 31.5 Å². The average Bonchev–Trinajstić information content (AvgIpc) is 3.27. The Kier molecular flexibility index (Phi) is 8.30. The zero-order valence-corrected chi connectivity index (χ0v) is 17.8. The highest BCUT2D eigenvalue weighted by Gasteiger charge is 2.34. The summed E-state index contributed by atoms with van der Waals surface area (Å²) in [5.41, 5.74) is 2.26. The van der Waals surface area contributed by atoms with Crippen LogP contribution in [0.4, 0.5) is 4.79 Å². The third-order valence-electron chi connectivity index (χ3n) is 5.80. The molecule has 2 amide bonds. The number of hydrogen-bond acceptors (Lipinski definition) is 3. The van der Waals surface area contributed by atoms with Gasteiger partial charge in [-0.1, -0.05) is 67.6 Å². The Morgan fingerprint density at radius 2 is 1.80 bits per heavy atom. The summed E-state index contributed by atoms with van der Waals surface area (Å²) in [5.74, 6) is 0.565. The molecule has 1 saturated heterocycles. The van der Waals surface area contributed by atoms with Gasteiger partial charge in [-0.05, 0) is 36.8 Å². The third kappa shape index (κ3) is 6.09. The Morgan fingerprint density at radius 3 is 2.50 bits per heavy atom. The minimum atomic E-state index is -0.444. The number of rotatable bonds is 9. The number of ether oxygens (including phenoxy) is 1. The SMILES string of the molecule is CC[C@@H](c1ccccc1)[C@@H]1CCCN1C(=O)CCCNC(=O)OCc1ccccc1. The maximum atomic E-state index is 12.8. The Hall–Kier alpha value is -2.82. The highest BCUT2D eigenvalue weighted by atomic mass is 16.5. The zero-order valence-electron chi connectivity index (χ0n) is 17.8. The number of alkyl carbamates (subject to hydrolysis) is 1. The van der Waals surface area contributed by atoms with Crippen LogP contribution in [-0.2, 0) is 16.1 Å². The molecular formula is C25H32N2O3. The molecule has 2 aromatic rings. The molecule has 0 saturated carbocycles. The molecule has 1 N–H and O–H groups in total. The fourth-order valence-electron chi connectivity index (χ4n) is 4.30. The molecule has 160 valence electrons. The van der Waals surface area contributed by atoms with Gasteiger partial charge in [-0.2, -0.15) is 0 Å². The van der Waals surface area contributed by atoms with Crippen LogP contribution in [0.15, 0.2) is 60.7 Å². The predicted molar refractivity (Wildman–Crippen MR) is 118 cm³/mol. The van der Waals surface area contributed by atoms with E-state index in [1.165, 1.54) is 5.56 Å². The van der Waals surface area contributed by atoms with Gasteiger partial charge in [-0.25, -0.2) is 4.79 Å². The van der Waals surface area contributed by atoms with Gasteiger partial charge in [0.15, 0.2) is 0 Å². The number of carbonyl (C=O) groups excluding carboxylic acids is 2. The van der Waals surface area contributed by atoms with Crippen LogP contribution in [0.25, 0.3) is 0 Å². The minimum absolute atomic E-state index is 0.186. The lowest BCUT2D eigenvalue weighted by Crippen LogP contribution is -2.39. The number of hydrogen-bond donors (Lipinski definition) is 1. The van der Waals surface area contributed by atoms with Crippen LogP contribution < -0.4 is 5.32 Å². The van der Waals surface area contributed by atoms with Crippen molar-refractivity contribution in [3.8, 4) is 0 Å². The van der Waals surface area contributed by atoms with Gasteiger partial charge in [0.2, 0.25) is 5.91 Å². The summed E-state index contributed by atoms with van der Waals surface area (Å²) in [6, 6.07) is 20.4. The second-order valence-electron chi connectivity index (χ2n) is 7.81.